The van der Waals surface area contributed by atoms with E-state index >= 15 is 0 Å². The van der Waals surface area contributed by atoms with Crippen LogP contribution in [-0.2, 0) is 9.59 Å². The van der Waals surface area contributed by atoms with Gasteiger partial charge in [-0.3, -0.25) is 9.59 Å². The SMILES string of the molecule is CC1(C(N)=O)C(c2cc(Cl)cc(Cl)c2)C1(C)C(N)=O. The molecule has 0 saturated heterocycles. The topological polar surface area (TPSA) is 86.2 Å². The van der Waals surface area contributed by atoms with Gasteiger partial charge in [0.25, 0.3) is 0 Å². The minimum atomic E-state index is -1.02. The van der Waals surface area contributed by atoms with E-state index in [4.69, 9.17) is 34.7 Å². The fourth-order valence-corrected chi connectivity index (χ4v) is 3.55. The van der Waals surface area contributed by atoms with Gasteiger partial charge in [-0.05, 0) is 37.6 Å². The van der Waals surface area contributed by atoms with Crippen LogP contribution in [0, 0.1) is 10.8 Å². The number of hydrogen-bond donors (Lipinski definition) is 2. The Hall–Kier alpha value is -1.26. The van der Waals surface area contributed by atoms with Gasteiger partial charge < -0.3 is 11.5 Å². The van der Waals surface area contributed by atoms with E-state index in [0.29, 0.717) is 15.6 Å². The third-order valence-corrected chi connectivity index (χ3v) is 4.83. The Kier molecular flexibility index (Phi) is 3.07. The Labute approximate surface area is 121 Å². The summed E-state index contributed by atoms with van der Waals surface area (Å²) in [7, 11) is 0. The molecule has 0 heterocycles. The van der Waals surface area contributed by atoms with E-state index < -0.39 is 28.6 Å². The van der Waals surface area contributed by atoms with Crippen molar-refractivity contribution in [2.24, 2.45) is 22.3 Å². The molecule has 1 aromatic rings. The summed E-state index contributed by atoms with van der Waals surface area (Å²) in [5, 5.41) is 0.876. The van der Waals surface area contributed by atoms with E-state index in [-0.39, 0.29) is 0 Å². The van der Waals surface area contributed by atoms with Gasteiger partial charge in [0, 0.05) is 16.0 Å². The number of primary amides is 2. The molecule has 0 radical (unpaired) electrons. The third-order valence-electron chi connectivity index (χ3n) is 4.39. The second-order valence-electron chi connectivity index (χ2n) is 5.27. The fourth-order valence-electron chi connectivity index (χ4n) is 3.00. The molecule has 2 unspecified atom stereocenters. The molecule has 1 aliphatic carbocycles. The summed E-state index contributed by atoms with van der Waals surface area (Å²) in [6, 6.07) is 4.93. The highest BCUT2D eigenvalue weighted by molar-refractivity contribution is 6.34. The lowest BCUT2D eigenvalue weighted by molar-refractivity contribution is -0.130. The first-order valence-corrected chi connectivity index (χ1v) is 6.47. The predicted octanol–water partition coefficient (Wildman–Crippen LogP) is 2.07. The molecule has 2 rings (SSSR count). The van der Waals surface area contributed by atoms with Crippen LogP contribution in [0.2, 0.25) is 10.0 Å². The maximum atomic E-state index is 11.7. The van der Waals surface area contributed by atoms with Gasteiger partial charge >= 0.3 is 0 Å². The Bertz CT molecular complexity index is 544. The largest absolute Gasteiger partial charge is 0.369 e. The van der Waals surface area contributed by atoms with E-state index in [2.05, 4.69) is 0 Å². The van der Waals surface area contributed by atoms with Crippen LogP contribution in [0.3, 0.4) is 0 Å². The van der Waals surface area contributed by atoms with Crippen molar-refractivity contribution in [3.05, 3.63) is 33.8 Å². The van der Waals surface area contributed by atoms with Crippen molar-refractivity contribution in [3.63, 3.8) is 0 Å². The van der Waals surface area contributed by atoms with Gasteiger partial charge in [0.1, 0.15) is 0 Å². The molecule has 1 saturated carbocycles. The molecular formula is C13H14Cl2N2O2. The molecule has 4 N–H and O–H groups in total. The van der Waals surface area contributed by atoms with Gasteiger partial charge in [-0.2, -0.15) is 0 Å². The highest BCUT2D eigenvalue weighted by atomic mass is 35.5. The number of benzene rings is 1. The molecule has 1 aromatic carbocycles. The Morgan fingerprint density at radius 1 is 1.00 bits per heavy atom. The molecule has 2 amide bonds. The van der Waals surface area contributed by atoms with Crippen LogP contribution in [0.4, 0.5) is 0 Å². The van der Waals surface area contributed by atoms with Crippen molar-refractivity contribution in [2.45, 2.75) is 19.8 Å². The second kappa shape index (κ2) is 4.12. The average molecular weight is 301 g/mol. The number of carbonyl (C=O) groups is 2. The summed E-state index contributed by atoms with van der Waals surface area (Å²) in [5.41, 5.74) is 9.53. The van der Waals surface area contributed by atoms with Crippen molar-refractivity contribution in [1.29, 1.82) is 0 Å². The van der Waals surface area contributed by atoms with E-state index in [9.17, 15) is 9.59 Å². The van der Waals surface area contributed by atoms with Crippen LogP contribution in [0.25, 0.3) is 0 Å². The van der Waals surface area contributed by atoms with Gasteiger partial charge in [-0.1, -0.05) is 23.2 Å². The van der Waals surface area contributed by atoms with Gasteiger partial charge in [0.05, 0.1) is 10.8 Å². The summed E-state index contributed by atoms with van der Waals surface area (Å²) in [5.74, 6) is -1.53. The molecule has 102 valence electrons. The minimum Gasteiger partial charge on any atom is -0.369 e. The van der Waals surface area contributed by atoms with E-state index in [1.54, 1.807) is 32.0 Å². The van der Waals surface area contributed by atoms with Crippen LogP contribution in [0.15, 0.2) is 18.2 Å². The quantitative estimate of drug-likeness (QED) is 0.895. The monoisotopic (exact) mass is 300 g/mol. The van der Waals surface area contributed by atoms with Gasteiger partial charge in [0.15, 0.2) is 0 Å². The summed E-state index contributed by atoms with van der Waals surface area (Å²) in [6.45, 7) is 3.28. The third kappa shape index (κ3) is 1.74. The molecule has 19 heavy (non-hydrogen) atoms. The predicted molar refractivity (Wildman–Crippen MR) is 73.8 cm³/mol. The van der Waals surface area contributed by atoms with Crippen LogP contribution in [0.1, 0.15) is 25.3 Å². The molecule has 4 nitrogen and oxygen atoms in total. The zero-order valence-electron chi connectivity index (χ0n) is 10.5. The molecule has 6 heteroatoms. The van der Waals surface area contributed by atoms with Crippen molar-refractivity contribution in [1.82, 2.24) is 0 Å². The lowest BCUT2D eigenvalue weighted by Gasteiger charge is -2.10. The molecule has 0 aliphatic heterocycles. The zero-order valence-corrected chi connectivity index (χ0v) is 12.0. The van der Waals surface area contributed by atoms with Crippen LogP contribution in [0.5, 0.6) is 0 Å². The Balaban J connectivity index is 2.56. The van der Waals surface area contributed by atoms with Crippen molar-refractivity contribution < 1.29 is 9.59 Å². The number of carbonyl (C=O) groups excluding carboxylic acids is 2. The number of nitrogens with two attached hydrogens (primary N) is 2. The lowest BCUT2D eigenvalue weighted by Crippen LogP contribution is -2.34. The first-order chi connectivity index (χ1) is 8.65. The lowest BCUT2D eigenvalue weighted by atomic mass is 9.95. The number of hydrogen-bond acceptors (Lipinski definition) is 2. The zero-order chi connectivity index (χ0) is 14.6. The summed E-state index contributed by atoms with van der Waals surface area (Å²) in [4.78, 5) is 23.4. The molecule has 0 spiro atoms. The fraction of sp³-hybridized carbons (Fsp3) is 0.385. The smallest absolute Gasteiger partial charge is 0.225 e. The minimum absolute atomic E-state index is 0.411. The molecular weight excluding hydrogens is 287 g/mol. The van der Waals surface area contributed by atoms with Crippen molar-refractivity contribution in [2.75, 3.05) is 0 Å². The number of amides is 2. The Morgan fingerprint density at radius 2 is 1.37 bits per heavy atom. The van der Waals surface area contributed by atoms with Crippen LogP contribution < -0.4 is 11.5 Å². The second-order valence-corrected chi connectivity index (χ2v) is 6.14. The summed E-state index contributed by atoms with van der Waals surface area (Å²) < 4.78 is 0. The maximum Gasteiger partial charge on any atom is 0.225 e. The normalized spacial score (nSPS) is 32.9. The van der Waals surface area contributed by atoms with E-state index in [1.165, 1.54) is 0 Å². The van der Waals surface area contributed by atoms with Crippen LogP contribution in [-0.4, -0.2) is 11.8 Å². The van der Waals surface area contributed by atoms with Gasteiger partial charge in [-0.25, -0.2) is 0 Å². The van der Waals surface area contributed by atoms with Gasteiger partial charge in [-0.15, -0.1) is 0 Å². The number of halogens is 2. The highest BCUT2D eigenvalue weighted by Crippen LogP contribution is 2.73. The molecule has 2 atom stereocenters. The number of rotatable bonds is 3. The molecule has 0 bridgehead atoms. The van der Waals surface area contributed by atoms with E-state index in [0.717, 1.165) is 0 Å². The van der Waals surface area contributed by atoms with Gasteiger partial charge in [0.2, 0.25) is 11.8 Å². The molecule has 1 aliphatic rings. The van der Waals surface area contributed by atoms with Crippen molar-refractivity contribution in [3.8, 4) is 0 Å². The summed E-state index contributed by atoms with van der Waals surface area (Å²) in [6.07, 6.45) is 0. The Morgan fingerprint density at radius 3 is 1.68 bits per heavy atom. The van der Waals surface area contributed by atoms with E-state index in [1.807, 2.05) is 0 Å². The standard InChI is InChI=1S/C13H14Cl2N2O2/c1-12(10(16)18)9(13(12,2)11(17)19)6-3-7(14)5-8(15)4-6/h3-5,9H,1-2H3,(H2,16,18)(H2,17,19). The molecule has 0 aromatic heterocycles. The highest BCUT2D eigenvalue weighted by Gasteiger charge is 2.78. The van der Waals surface area contributed by atoms with Crippen LogP contribution >= 0.6 is 23.2 Å². The average Bonchev–Trinajstić information content (AvgIpc) is 2.78. The first-order valence-electron chi connectivity index (χ1n) is 5.71. The maximum absolute atomic E-state index is 11.7. The van der Waals surface area contributed by atoms with Crippen molar-refractivity contribution >= 4 is 35.0 Å². The first kappa shape index (κ1) is 14.2. The summed E-state index contributed by atoms with van der Waals surface area (Å²) >= 11 is 11.9. The molecule has 1 fully saturated rings.